The predicted molar refractivity (Wildman–Crippen MR) is 130 cm³/mol. The van der Waals surface area contributed by atoms with Crippen LogP contribution in [-0.2, 0) is 14.6 Å². The summed E-state index contributed by atoms with van der Waals surface area (Å²) in [7, 11) is -3.35. The van der Waals surface area contributed by atoms with Gasteiger partial charge in [0.15, 0.2) is 21.4 Å². The highest BCUT2D eigenvalue weighted by molar-refractivity contribution is 7.90. The number of ether oxygens (including phenoxy) is 1. The van der Waals surface area contributed by atoms with Crippen LogP contribution in [0.1, 0.15) is 6.42 Å². The molecule has 180 valence electrons. The fourth-order valence-electron chi connectivity index (χ4n) is 4.19. The van der Waals surface area contributed by atoms with Gasteiger partial charge in [-0.15, -0.1) is 0 Å². The Balaban J connectivity index is 1.60. The van der Waals surface area contributed by atoms with Gasteiger partial charge in [0.05, 0.1) is 27.7 Å². The minimum absolute atomic E-state index is 0.171. The number of carbonyl (C=O) groups is 1. The molecule has 4 aromatic rings. The SMILES string of the molecule is CS(=O)(=O)c1ccc(Oc2cc3nc(-c4ccccn4)[nH]c3cc2N2C[C@H](O)C[C@@H]2C(N)=O)cc1. The number of imidazole rings is 1. The molecule has 1 aliphatic rings. The molecule has 35 heavy (non-hydrogen) atoms. The first kappa shape index (κ1) is 22.8. The zero-order chi connectivity index (χ0) is 24.7. The van der Waals surface area contributed by atoms with Gasteiger partial charge in [-0.05, 0) is 42.5 Å². The Labute approximate surface area is 201 Å². The van der Waals surface area contributed by atoms with E-state index in [1.807, 2.05) is 18.2 Å². The Kier molecular flexibility index (Phi) is 5.65. The van der Waals surface area contributed by atoms with Crippen molar-refractivity contribution in [2.45, 2.75) is 23.5 Å². The van der Waals surface area contributed by atoms with Crippen LogP contribution in [0.4, 0.5) is 5.69 Å². The van der Waals surface area contributed by atoms with Crippen molar-refractivity contribution >= 4 is 32.5 Å². The lowest BCUT2D eigenvalue weighted by atomic mass is 10.1. The Hall–Kier alpha value is -3.96. The Bertz CT molecular complexity index is 1500. The van der Waals surface area contributed by atoms with Gasteiger partial charge >= 0.3 is 0 Å². The Morgan fingerprint density at radius 3 is 2.63 bits per heavy atom. The number of amides is 1. The van der Waals surface area contributed by atoms with Crippen molar-refractivity contribution in [2.75, 3.05) is 17.7 Å². The lowest BCUT2D eigenvalue weighted by Gasteiger charge is -2.26. The molecule has 2 aromatic carbocycles. The fourth-order valence-corrected chi connectivity index (χ4v) is 4.82. The molecule has 0 radical (unpaired) electrons. The topological polar surface area (TPSA) is 152 Å². The van der Waals surface area contributed by atoms with E-state index in [9.17, 15) is 18.3 Å². The largest absolute Gasteiger partial charge is 0.455 e. The number of nitrogens with one attached hydrogen (secondary N) is 1. The molecule has 1 aliphatic heterocycles. The first-order valence-electron chi connectivity index (χ1n) is 10.9. The predicted octanol–water partition coefficient (Wildman–Crippen LogP) is 2.25. The first-order chi connectivity index (χ1) is 16.7. The second kappa shape index (κ2) is 8.67. The van der Waals surface area contributed by atoms with Crippen LogP contribution in [0.2, 0.25) is 0 Å². The molecule has 2 atom stereocenters. The molecule has 1 saturated heterocycles. The zero-order valence-electron chi connectivity index (χ0n) is 18.7. The molecule has 2 aromatic heterocycles. The molecular weight excluding hydrogens is 470 g/mol. The van der Waals surface area contributed by atoms with Gasteiger partial charge < -0.3 is 25.5 Å². The molecule has 11 heteroatoms. The fraction of sp³-hybridized carbons (Fsp3) is 0.208. The monoisotopic (exact) mass is 493 g/mol. The molecule has 10 nitrogen and oxygen atoms in total. The van der Waals surface area contributed by atoms with Gasteiger partial charge in [-0.3, -0.25) is 9.78 Å². The maximum absolute atomic E-state index is 12.1. The molecule has 0 saturated carbocycles. The summed E-state index contributed by atoms with van der Waals surface area (Å²) in [5, 5.41) is 10.3. The van der Waals surface area contributed by atoms with Gasteiger partial charge in [-0.2, -0.15) is 0 Å². The summed E-state index contributed by atoms with van der Waals surface area (Å²) in [5.74, 6) is 0.788. The summed E-state index contributed by atoms with van der Waals surface area (Å²) in [6, 6.07) is 14.3. The number of hydrogen-bond donors (Lipinski definition) is 3. The van der Waals surface area contributed by atoms with Crippen molar-refractivity contribution in [3.05, 3.63) is 60.8 Å². The molecule has 1 amide bonds. The maximum Gasteiger partial charge on any atom is 0.240 e. The lowest BCUT2D eigenvalue weighted by molar-refractivity contribution is -0.119. The van der Waals surface area contributed by atoms with Gasteiger partial charge in [-0.1, -0.05) is 6.07 Å². The van der Waals surface area contributed by atoms with E-state index in [1.54, 1.807) is 35.4 Å². The number of rotatable bonds is 6. The number of pyridine rings is 1. The minimum Gasteiger partial charge on any atom is -0.455 e. The Morgan fingerprint density at radius 2 is 1.97 bits per heavy atom. The number of aromatic amines is 1. The number of nitrogens with zero attached hydrogens (tertiary/aromatic N) is 3. The van der Waals surface area contributed by atoms with E-state index in [0.29, 0.717) is 39.7 Å². The number of aliphatic hydroxyl groups excluding tert-OH is 1. The van der Waals surface area contributed by atoms with Gasteiger partial charge in [0.1, 0.15) is 17.5 Å². The Morgan fingerprint density at radius 1 is 1.20 bits per heavy atom. The molecule has 0 spiro atoms. The van der Waals surface area contributed by atoms with Crippen LogP contribution in [0.3, 0.4) is 0 Å². The number of benzene rings is 2. The third-order valence-electron chi connectivity index (χ3n) is 5.87. The molecule has 0 aliphatic carbocycles. The molecule has 1 fully saturated rings. The van der Waals surface area contributed by atoms with Gasteiger partial charge in [-0.25, -0.2) is 13.4 Å². The van der Waals surface area contributed by atoms with Crippen molar-refractivity contribution in [3.8, 4) is 23.0 Å². The quantitative estimate of drug-likeness (QED) is 0.370. The van der Waals surface area contributed by atoms with Crippen LogP contribution < -0.4 is 15.4 Å². The van der Waals surface area contributed by atoms with E-state index < -0.39 is 27.9 Å². The lowest BCUT2D eigenvalue weighted by Crippen LogP contribution is -2.40. The molecule has 4 N–H and O–H groups in total. The van der Waals surface area contributed by atoms with Crippen molar-refractivity contribution in [1.82, 2.24) is 15.0 Å². The van der Waals surface area contributed by atoms with Crippen LogP contribution in [0.25, 0.3) is 22.6 Å². The van der Waals surface area contributed by atoms with E-state index in [1.165, 1.54) is 12.1 Å². The number of sulfone groups is 1. The zero-order valence-corrected chi connectivity index (χ0v) is 19.6. The van der Waals surface area contributed by atoms with Crippen molar-refractivity contribution in [3.63, 3.8) is 0 Å². The standard InChI is InChI=1S/C24H23N5O5S/c1-35(32,33)16-7-5-15(6-8-16)34-22-12-19-18(27-24(28-19)17-4-2-3-9-26-17)11-20(22)29-13-14(30)10-21(29)23(25)31/h2-9,11-12,14,21,30H,10,13H2,1H3,(H2,25,31)(H,27,28)/t14-,21-/m1/s1. The highest BCUT2D eigenvalue weighted by Crippen LogP contribution is 2.39. The number of anilines is 1. The highest BCUT2D eigenvalue weighted by atomic mass is 32.2. The molecule has 5 rings (SSSR count). The van der Waals surface area contributed by atoms with E-state index in [0.717, 1.165) is 6.26 Å². The van der Waals surface area contributed by atoms with Gasteiger partial charge in [0, 0.05) is 31.5 Å². The van der Waals surface area contributed by atoms with E-state index in [2.05, 4.69) is 15.0 Å². The second-order valence-corrected chi connectivity index (χ2v) is 10.5. The number of carbonyl (C=O) groups excluding carboxylic acids is 1. The van der Waals surface area contributed by atoms with Crippen LogP contribution in [-0.4, -0.2) is 59.3 Å². The smallest absolute Gasteiger partial charge is 0.240 e. The summed E-state index contributed by atoms with van der Waals surface area (Å²) >= 11 is 0. The normalized spacial score (nSPS) is 18.2. The molecule has 3 heterocycles. The summed E-state index contributed by atoms with van der Waals surface area (Å²) in [4.78, 5) is 26.2. The number of H-pyrrole nitrogens is 1. The van der Waals surface area contributed by atoms with E-state index in [4.69, 9.17) is 10.5 Å². The van der Waals surface area contributed by atoms with Crippen molar-refractivity contribution < 1.29 is 23.1 Å². The van der Waals surface area contributed by atoms with Crippen LogP contribution in [0, 0.1) is 0 Å². The average Bonchev–Trinajstić information content (AvgIpc) is 3.42. The number of aliphatic hydroxyl groups is 1. The van der Waals surface area contributed by atoms with E-state index in [-0.39, 0.29) is 17.9 Å². The highest BCUT2D eigenvalue weighted by Gasteiger charge is 2.36. The van der Waals surface area contributed by atoms with Crippen LogP contribution in [0.5, 0.6) is 11.5 Å². The van der Waals surface area contributed by atoms with E-state index >= 15 is 0 Å². The summed E-state index contributed by atoms with van der Waals surface area (Å²) < 4.78 is 29.7. The molecule has 0 bridgehead atoms. The second-order valence-electron chi connectivity index (χ2n) is 8.44. The minimum atomic E-state index is -3.35. The van der Waals surface area contributed by atoms with Gasteiger partial charge in [0.25, 0.3) is 0 Å². The first-order valence-corrected chi connectivity index (χ1v) is 12.8. The van der Waals surface area contributed by atoms with Crippen LogP contribution in [0.15, 0.2) is 65.7 Å². The number of nitrogens with two attached hydrogens (primary N) is 1. The average molecular weight is 494 g/mol. The number of aromatic nitrogens is 3. The third kappa shape index (κ3) is 4.55. The van der Waals surface area contributed by atoms with Crippen LogP contribution >= 0.6 is 0 Å². The summed E-state index contributed by atoms with van der Waals surface area (Å²) in [6.45, 7) is 0.198. The maximum atomic E-state index is 12.1. The third-order valence-corrected chi connectivity index (χ3v) is 7.00. The number of hydrogen-bond acceptors (Lipinski definition) is 8. The number of β-amino-alcohol motifs (C(OH)–C–C–N with tert-alkyl or cyclic N) is 1. The molecule has 0 unspecified atom stereocenters. The molecular formula is C24H23N5O5S. The summed E-state index contributed by atoms with van der Waals surface area (Å²) in [5.41, 5.74) is 8.12. The summed E-state index contributed by atoms with van der Waals surface area (Å²) in [6.07, 6.45) is 2.29. The van der Waals surface area contributed by atoms with Gasteiger partial charge in [0.2, 0.25) is 5.91 Å². The van der Waals surface area contributed by atoms with Crippen molar-refractivity contribution in [2.24, 2.45) is 5.73 Å². The van der Waals surface area contributed by atoms with Crippen molar-refractivity contribution in [1.29, 1.82) is 0 Å². The number of fused-ring (bicyclic) bond motifs is 1. The number of primary amides is 1.